The van der Waals surface area contributed by atoms with Crippen molar-refractivity contribution < 1.29 is 19.1 Å². The molecule has 4 aromatic rings. The van der Waals surface area contributed by atoms with E-state index in [2.05, 4.69) is 15.8 Å². The van der Waals surface area contributed by atoms with Crippen LogP contribution >= 0.6 is 0 Å². The molecule has 36 heavy (non-hydrogen) atoms. The van der Waals surface area contributed by atoms with Crippen LogP contribution < -0.4 is 15.5 Å². The molecule has 180 valence electrons. The van der Waals surface area contributed by atoms with E-state index < -0.39 is 23.4 Å². The second kappa shape index (κ2) is 9.03. The lowest BCUT2D eigenvalue weighted by Crippen LogP contribution is -2.48. The number of urea groups is 1. The van der Waals surface area contributed by atoms with E-state index in [1.807, 2.05) is 60.7 Å². The summed E-state index contributed by atoms with van der Waals surface area (Å²) < 4.78 is 6.73. The van der Waals surface area contributed by atoms with Gasteiger partial charge in [0.2, 0.25) is 0 Å². The number of nitrogens with one attached hydrogen (secondary N) is 2. The second-order valence-corrected chi connectivity index (χ2v) is 8.40. The molecular formula is C27H23N5O4. The van der Waals surface area contributed by atoms with Gasteiger partial charge in [-0.15, -0.1) is 0 Å². The highest BCUT2D eigenvalue weighted by Gasteiger charge is 2.50. The van der Waals surface area contributed by atoms with Crippen molar-refractivity contribution in [1.82, 2.24) is 25.5 Å². The predicted octanol–water partition coefficient (Wildman–Crippen LogP) is 3.66. The van der Waals surface area contributed by atoms with Crippen molar-refractivity contribution in [2.45, 2.75) is 12.5 Å². The largest absolute Gasteiger partial charge is 0.497 e. The van der Waals surface area contributed by atoms with Gasteiger partial charge in [-0.05, 0) is 42.8 Å². The Bertz CT molecular complexity index is 1450. The van der Waals surface area contributed by atoms with Gasteiger partial charge in [-0.25, -0.2) is 9.48 Å². The van der Waals surface area contributed by atoms with Crippen LogP contribution in [0.25, 0.3) is 16.9 Å². The van der Waals surface area contributed by atoms with Gasteiger partial charge in [0.05, 0.1) is 18.5 Å². The van der Waals surface area contributed by atoms with Gasteiger partial charge in [-0.3, -0.25) is 15.0 Å². The van der Waals surface area contributed by atoms with E-state index in [4.69, 9.17) is 4.74 Å². The Hall–Kier alpha value is -4.92. The third-order valence-corrected chi connectivity index (χ3v) is 6.06. The average molecular weight is 482 g/mol. The molecule has 0 radical (unpaired) electrons. The van der Waals surface area contributed by atoms with Crippen molar-refractivity contribution >= 4 is 17.8 Å². The van der Waals surface area contributed by atoms with Crippen LogP contribution in [0.4, 0.5) is 4.79 Å². The number of carbonyl (C=O) groups is 3. The molecule has 0 bridgehead atoms. The first-order valence-corrected chi connectivity index (χ1v) is 11.2. The molecule has 1 fully saturated rings. The Morgan fingerprint density at radius 3 is 2.33 bits per heavy atom. The van der Waals surface area contributed by atoms with E-state index in [9.17, 15) is 14.4 Å². The first-order chi connectivity index (χ1) is 17.4. The average Bonchev–Trinajstić information content (AvgIpc) is 3.46. The number of hydrogen-bond acceptors (Lipinski definition) is 5. The molecule has 1 aliphatic heterocycles. The Balaban J connectivity index is 1.47. The zero-order valence-electron chi connectivity index (χ0n) is 19.6. The molecule has 1 aliphatic rings. The summed E-state index contributed by atoms with van der Waals surface area (Å²) in [6.07, 6.45) is 0. The lowest BCUT2D eigenvalue weighted by molar-refractivity contribution is -0.132. The van der Waals surface area contributed by atoms with Crippen molar-refractivity contribution in [1.29, 1.82) is 0 Å². The fourth-order valence-corrected chi connectivity index (χ4v) is 4.09. The van der Waals surface area contributed by atoms with E-state index in [0.717, 1.165) is 5.56 Å². The number of benzene rings is 3. The predicted molar refractivity (Wildman–Crippen MR) is 132 cm³/mol. The summed E-state index contributed by atoms with van der Waals surface area (Å²) in [7, 11) is 1.52. The zero-order valence-corrected chi connectivity index (χ0v) is 19.6. The molecular weight excluding hydrogens is 458 g/mol. The number of carbonyl (C=O) groups excluding carboxylic acids is 3. The molecule has 0 spiro atoms. The molecule has 3 aromatic carbocycles. The molecule has 1 atom stereocenters. The summed E-state index contributed by atoms with van der Waals surface area (Å²) in [6.45, 7) is 1.58. The molecule has 5 rings (SSSR count). The van der Waals surface area contributed by atoms with Gasteiger partial charge in [0.15, 0.2) is 0 Å². The summed E-state index contributed by atoms with van der Waals surface area (Å²) in [5.41, 5.74) is 3.82. The molecule has 9 nitrogen and oxygen atoms in total. The maximum atomic E-state index is 13.4. The Morgan fingerprint density at radius 1 is 0.944 bits per heavy atom. The van der Waals surface area contributed by atoms with Crippen molar-refractivity contribution in [2.75, 3.05) is 7.11 Å². The van der Waals surface area contributed by atoms with E-state index in [0.29, 0.717) is 27.7 Å². The molecule has 9 heteroatoms. The highest BCUT2D eigenvalue weighted by atomic mass is 16.5. The van der Waals surface area contributed by atoms with Crippen LogP contribution in [0.2, 0.25) is 0 Å². The first-order valence-electron chi connectivity index (χ1n) is 11.2. The Morgan fingerprint density at radius 2 is 1.64 bits per heavy atom. The van der Waals surface area contributed by atoms with Gasteiger partial charge < -0.3 is 10.1 Å². The molecule has 4 amide bonds. The fraction of sp³-hybridized carbons (Fsp3) is 0.111. The number of nitrogens with zero attached hydrogens (tertiary/aromatic N) is 3. The minimum atomic E-state index is -1.38. The number of para-hydroxylation sites is 1. The van der Waals surface area contributed by atoms with Crippen LogP contribution in [0.1, 0.15) is 23.0 Å². The Kier molecular flexibility index (Phi) is 5.73. The molecule has 2 heterocycles. The quantitative estimate of drug-likeness (QED) is 0.409. The van der Waals surface area contributed by atoms with E-state index >= 15 is 0 Å². The van der Waals surface area contributed by atoms with Gasteiger partial charge in [0.25, 0.3) is 11.8 Å². The van der Waals surface area contributed by atoms with Gasteiger partial charge in [0, 0.05) is 5.56 Å². The lowest BCUT2D eigenvalue weighted by atomic mass is 9.92. The highest BCUT2D eigenvalue weighted by Crippen LogP contribution is 2.30. The van der Waals surface area contributed by atoms with E-state index in [1.54, 1.807) is 37.3 Å². The maximum Gasteiger partial charge on any atom is 0.344 e. The number of hydrazine groups is 1. The van der Waals surface area contributed by atoms with Crippen LogP contribution in [0.15, 0.2) is 91.0 Å². The minimum absolute atomic E-state index is 0.163. The normalized spacial score (nSPS) is 17.1. The van der Waals surface area contributed by atoms with Crippen LogP contribution in [-0.4, -0.2) is 39.7 Å². The van der Waals surface area contributed by atoms with Crippen LogP contribution in [0, 0.1) is 0 Å². The smallest absolute Gasteiger partial charge is 0.344 e. The number of ether oxygens (including phenoxy) is 1. The van der Waals surface area contributed by atoms with Crippen molar-refractivity contribution in [3.63, 3.8) is 0 Å². The number of methoxy groups -OCH3 is 1. The van der Waals surface area contributed by atoms with Crippen molar-refractivity contribution in [3.8, 4) is 22.7 Å². The summed E-state index contributed by atoms with van der Waals surface area (Å²) in [5, 5.41) is 7.99. The number of imide groups is 1. The van der Waals surface area contributed by atoms with Gasteiger partial charge in [-0.1, -0.05) is 60.7 Å². The summed E-state index contributed by atoms with van der Waals surface area (Å²) in [6, 6.07) is 26.3. The van der Waals surface area contributed by atoms with Crippen LogP contribution in [0.3, 0.4) is 0 Å². The van der Waals surface area contributed by atoms with Gasteiger partial charge >= 0.3 is 6.03 Å². The number of aromatic nitrogens is 2. The first kappa shape index (κ1) is 22.9. The zero-order chi connectivity index (χ0) is 25.3. The van der Waals surface area contributed by atoms with E-state index in [-0.39, 0.29) is 5.69 Å². The summed E-state index contributed by atoms with van der Waals surface area (Å²) >= 11 is 0. The number of hydrogen-bond donors (Lipinski definition) is 2. The SMILES string of the molecule is COc1cccc([C@]2(C)NC(=O)N(NC(=O)c3cc(-c4ccccc4)nn3-c3ccccc3)C2=O)c1. The standard InChI is InChI=1S/C27H23N5O4/c1-27(19-12-9-15-21(16-19)36-2)25(34)32(26(35)28-27)30-24(33)23-17-22(18-10-5-3-6-11-18)29-31(23)20-13-7-4-8-14-20/h3-17H,1-2H3,(H,28,35)(H,30,33)/t27-/m0/s1. The van der Waals surface area contributed by atoms with Gasteiger partial charge in [0.1, 0.15) is 17.0 Å². The maximum absolute atomic E-state index is 13.4. The van der Waals surface area contributed by atoms with Crippen molar-refractivity contribution in [2.24, 2.45) is 0 Å². The summed E-state index contributed by atoms with van der Waals surface area (Å²) in [4.78, 5) is 39.6. The topological polar surface area (TPSA) is 106 Å². The second-order valence-electron chi connectivity index (χ2n) is 8.40. The summed E-state index contributed by atoms with van der Waals surface area (Å²) in [5.74, 6) is -0.742. The van der Waals surface area contributed by atoms with Gasteiger partial charge in [-0.2, -0.15) is 10.1 Å². The molecule has 2 N–H and O–H groups in total. The third-order valence-electron chi connectivity index (χ3n) is 6.06. The highest BCUT2D eigenvalue weighted by molar-refractivity contribution is 6.09. The molecule has 0 unspecified atom stereocenters. The van der Waals surface area contributed by atoms with Crippen LogP contribution in [0.5, 0.6) is 5.75 Å². The third kappa shape index (κ3) is 3.96. The monoisotopic (exact) mass is 481 g/mol. The van der Waals surface area contributed by atoms with E-state index in [1.165, 1.54) is 11.8 Å². The lowest BCUT2D eigenvalue weighted by Gasteiger charge is -2.22. The molecule has 0 saturated carbocycles. The molecule has 1 saturated heterocycles. The number of rotatable bonds is 6. The fourth-order valence-electron chi connectivity index (χ4n) is 4.09. The molecule has 0 aliphatic carbocycles. The molecule has 1 aromatic heterocycles. The number of amides is 4. The van der Waals surface area contributed by atoms with Crippen molar-refractivity contribution in [3.05, 3.63) is 102 Å². The minimum Gasteiger partial charge on any atom is -0.497 e. The Labute approximate surface area is 207 Å². The van der Waals surface area contributed by atoms with Crippen LogP contribution in [-0.2, 0) is 10.3 Å².